The van der Waals surface area contributed by atoms with Gasteiger partial charge >= 0.3 is 17.7 Å². The predicted octanol–water partition coefficient (Wildman–Crippen LogP) is 2.82. The molecule has 2 aromatic rings. The number of rotatable bonds is 6. The van der Waals surface area contributed by atoms with Gasteiger partial charge in [-0.05, 0) is 18.6 Å². The number of carbonyl (C=O) groups is 2. The molecule has 8 nitrogen and oxygen atoms in total. The molecule has 0 heterocycles. The van der Waals surface area contributed by atoms with Crippen LogP contribution in [0.3, 0.4) is 0 Å². The Morgan fingerprint density at radius 3 is 2.44 bits per heavy atom. The minimum atomic E-state index is -1.04. The van der Waals surface area contributed by atoms with Gasteiger partial charge in [-0.25, -0.2) is 9.59 Å². The van der Waals surface area contributed by atoms with Gasteiger partial charge < -0.3 is 14.8 Å². The van der Waals surface area contributed by atoms with Crippen molar-refractivity contribution in [1.29, 1.82) is 0 Å². The van der Waals surface area contributed by atoms with Crippen molar-refractivity contribution in [3.8, 4) is 5.75 Å². The first-order valence-electron chi connectivity index (χ1n) is 7.39. The molecule has 8 heteroatoms. The van der Waals surface area contributed by atoms with Crippen molar-refractivity contribution in [3.63, 3.8) is 0 Å². The summed E-state index contributed by atoms with van der Waals surface area (Å²) in [6.07, 6.45) is -0.795. The molecule has 0 radical (unpaired) electrons. The lowest BCUT2D eigenvalue weighted by molar-refractivity contribution is -0.385. The molecule has 2 rings (SSSR count). The zero-order valence-electron chi connectivity index (χ0n) is 13.4. The minimum absolute atomic E-state index is 0.0542. The van der Waals surface area contributed by atoms with Gasteiger partial charge in [-0.2, -0.15) is 0 Å². The van der Waals surface area contributed by atoms with E-state index in [1.807, 2.05) is 18.2 Å². The van der Waals surface area contributed by atoms with Crippen LogP contribution in [0.4, 0.5) is 10.5 Å². The lowest BCUT2D eigenvalue weighted by atomic mass is 10.2. The second-order valence-electron chi connectivity index (χ2n) is 5.07. The standard InChI is InChI=1S/C17H16N2O6/c1-12(18-17(21)24-11-13-7-3-2-4-8-13)16(20)25-15-10-6-5-9-14(15)19(22)23/h2-10,12H,11H2,1H3,(H,18,21). The molecule has 0 spiro atoms. The van der Waals surface area contributed by atoms with E-state index in [0.717, 1.165) is 5.56 Å². The number of carbonyl (C=O) groups excluding carboxylic acids is 2. The lowest BCUT2D eigenvalue weighted by Gasteiger charge is -2.13. The fourth-order valence-electron chi connectivity index (χ4n) is 1.89. The maximum Gasteiger partial charge on any atom is 0.408 e. The summed E-state index contributed by atoms with van der Waals surface area (Å²) in [5, 5.41) is 13.2. The molecule has 0 aliphatic heterocycles. The molecule has 0 saturated carbocycles. The number of hydrogen-bond donors (Lipinski definition) is 1. The van der Waals surface area contributed by atoms with Crippen LogP contribution in [0, 0.1) is 10.1 Å². The molecular weight excluding hydrogens is 328 g/mol. The lowest BCUT2D eigenvalue weighted by Crippen LogP contribution is -2.41. The third-order valence-electron chi connectivity index (χ3n) is 3.17. The SMILES string of the molecule is CC(NC(=O)OCc1ccccc1)C(=O)Oc1ccccc1[N+](=O)[O-]. The van der Waals surface area contributed by atoms with Crippen molar-refractivity contribution < 1.29 is 24.0 Å². The Morgan fingerprint density at radius 2 is 1.76 bits per heavy atom. The molecule has 0 bridgehead atoms. The molecule has 0 aromatic heterocycles. The summed E-state index contributed by atoms with van der Waals surface area (Å²) in [6, 6.07) is 13.5. The average molecular weight is 344 g/mol. The maximum absolute atomic E-state index is 12.0. The highest BCUT2D eigenvalue weighted by atomic mass is 16.6. The van der Waals surface area contributed by atoms with E-state index in [9.17, 15) is 19.7 Å². The minimum Gasteiger partial charge on any atom is -0.445 e. The molecule has 1 atom stereocenters. The number of amides is 1. The monoisotopic (exact) mass is 344 g/mol. The Labute approximate surface area is 143 Å². The third-order valence-corrected chi connectivity index (χ3v) is 3.17. The molecule has 2 aromatic carbocycles. The number of alkyl carbamates (subject to hydrolysis) is 1. The Balaban J connectivity index is 1.88. The van der Waals surface area contributed by atoms with Crippen molar-refractivity contribution in [2.75, 3.05) is 0 Å². The van der Waals surface area contributed by atoms with Gasteiger partial charge in [-0.15, -0.1) is 0 Å². The van der Waals surface area contributed by atoms with Crippen molar-refractivity contribution >= 4 is 17.7 Å². The van der Waals surface area contributed by atoms with E-state index >= 15 is 0 Å². The van der Waals surface area contributed by atoms with E-state index in [-0.39, 0.29) is 18.0 Å². The number of nitro benzene ring substituents is 1. The van der Waals surface area contributed by atoms with Crippen LogP contribution in [-0.4, -0.2) is 23.0 Å². The first kappa shape index (κ1) is 17.9. The topological polar surface area (TPSA) is 108 Å². The predicted molar refractivity (Wildman–Crippen MR) is 88.0 cm³/mol. The highest BCUT2D eigenvalue weighted by Crippen LogP contribution is 2.26. The molecule has 1 N–H and O–H groups in total. The number of benzene rings is 2. The number of esters is 1. The molecule has 130 valence electrons. The van der Waals surface area contributed by atoms with Crippen LogP contribution in [0.1, 0.15) is 12.5 Å². The molecule has 0 aliphatic rings. The largest absolute Gasteiger partial charge is 0.445 e. The van der Waals surface area contributed by atoms with E-state index < -0.39 is 23.0 Å². The molecule has 25 heavy (non-hydrogen) atoms. The van der Waals surface area contributed by atoms with Crippen LogP contribution in [0.25, 0.3) is 0 Å². The van der Waals surface area contributed by atoms with Gasteiger partial charge in [0.05, 0.1) is 4.92 Å². The summed E-state index contributed by atoms with van der Waals surface area (Å²) in [5.74, 6) is -1.03. The summed E-state index contributed by atoms with van der Waals surface area (Å²) in [4.78, 5) is 33.9. The third kappa shape index (κ3) is 5.31. The quantitative estimate of drug-likeness (QED) is 0.374. The van der Waals surface area contributed by atoms with E-state index in [1.165, 1.54) is 31.2 Å². The maximum atomic E-state index is 12.0. The van der Waals surface area contributed by atoms with Crippen LogP contribution < -0.4 is 10.1 Å². The number of nitrogens with zero attached hydrogens (tertiary/aromatic N) is 1. The molecule has 0 aliphatic carbocycles. The first-order valence-corrected chi connectivity index (χ1v) is 7.39. The van der Waals surface area contributed by atoms with Gasteiger partial charge in [0, 0.05) is 6.07 Å². The second-order valence-corrected chi connectivity index (χ2v) is 5.07. The molecule has 1 unspecified atom stereocenters. The second kappa shape index (κ2) is 8.44. The molecule has 0 fully saturated rings. The zero-order valence-corrected chi connectivity index (χ0v) is 13.4. The van der Waals surface area contributed by atoms with E-state index in [0.29, 0.717) is 0 Å². The Hall–Kier alpha value is -3.42. The summed E-state index contributed by atoms with van der Waals surface area (Å²) < 4.78 is 9.98. The van der Waals surface area contributed by atoms with Gasteiger partial charge in [0.2, 0.25) is 5.75 Å². The van der Waals surface area contributed by atoms with Crippen LogP contribution in [-0.2, 0) is 16.1 Å². The van der Waals surface area contributed by atoms with Crippen LogP contribution >= 0.6 is 0 Å². The van der Waals surface area contributed by atoms with Crippen LogP contribution in [0.15, 0.2) is 54.6 Å². The molecule has 0 saturated heterocycles. The summed E-state index contributed by atoms with van der Waals surface area (Å²) in [7, 11) is 0. The number of ether oxygens (including phenoxy) is 2. The van der Waals surface area contributed by atoms with Crippen molar-refractivity contribution in [3.05, 3.63) is 70.3 Å². The number of para-hydroxylation sites is 2. The Bertz CT molecular complexity index is 763. The number of nitrogens with one attached hydrogen (secondary N) is 1. The van der Waals surface area contributed by atoms with Crippen LogP contribution in [0.5, 0.6) is 5.75 Å². The van der Waals surface area contributed by atoms with Gasteiger partial charge in [0.15, 0.2) is 0 Å². The van der Waals surface area contributed by atoms with Gasteiger partial charge in [0.25, 0.3) is 0 Å². The number of hydrogen-bond acceptors (Lipinski definition) is 6. The summed E-state index contributed by atoms with van der Waals surface area (Å²) in [6.45, 7) is 1.44. The normalized spacial score (nSPS) is 11.2. The van der Waals surface area contributed by atoms with E-state index in [4.69, 9.17) is 9.47 Å². The highest BCUT2D eigenvalue weighted by molar-refractivity contribution is 5.83. The average Bonchev–Trinajstić information content (AvgIpc) is 2.61. The first-order chi connectivity index (χ1) is 12.0. The Kier molecular flexibility index (Phi) is 6.05. The summed E-state index contributed by atoms with van der Waals surface area (Å²) in [5.41, 5.74) is 0.461. The number of nitro groups is 1. The van der Waals surface area contributed by atoms with Gasteiger partial charge in [0.1, 0.15) is 12.6 Å². The van der Waals surface area contributed by atoms with E-state index in [1.54, 1.807) is 12.1 Å². The van der Waals surface area contributed by atoms with E-state index in [2.05, 4.69) is 5.32 Å². The Morgan fingerprint density at radius 1 is 1.12 bits per heavy atom. The van der Waals surface area contributed by atoms with Gasteiger partial charge in [-0.1, -0.05) is 42.5 Å². The molecular formula is C17H16N2O6. The van der Waals surface area contributed by atoms with Crippen LogP contribution in [0.2, 0.25) is 0 Å². The fraction of sp³-hybridized carbons (Fsp3) is 0.176. The zero-order chi connectivity index (χ0) is 18.2. The molecule has 1 amide bonds. The van der Waals surface area contributed by atoms with Gasteiger partial charge in [-0.3, -0.25) is 10.1 Å². The summed E-state index contributed by atoms with van der Waals surface area (Å²) >= 11 is 0. The smallest absolute Gasteiger partial charge is 0.408 e. The van der Waals surface area contributed by atoms with Crippen molar-refractivity contribution in [2.45, 2.75) is 19.6 Å². The fourth-order valence-corrected chi connectivity index (χ4v) is 1.89. The van der Waals surface area contributed by atoms with Crippen molar-refractivity contribution in [1.82, 2.24) is 5.32 Å². The highest BCUT2D eigenvalue weighted by Gasteiger charge is 2.22. The van der Waals surface area contributed by atoms with Crippen molar-refractivity contribution in [2.24, 2.45) is 0 Å².